The topological polar surface area (TPSA) is 255 Å². The van der Waals surface area contributed by atoms with Crippen LogP contribution in [0.1, 0.15) is 6.42 Å². The van der Waals surface area contributed by atoms with E-state index >= 15 is 0 Å². The van der Waals surface area contributed by atoms with Gasteiger partial charge in [0, 0.05) is 24.3 Å². The van der Waals surface area contributed by atoms with Gasteiger partial charge >= 0.3 is 23.3 Å². The molecule has 0 radical (unpaired) electrons. The second-order valence-corrected chi connectivity index (χ2v) is 8.57. The van der Waals surface area contributed by atoms with E-state index in [0.717, 1.165) is 24.3 Å². The van der Waals surface area contributed by atoms with Gasteiger partial charge in [-0.15, -0.1) is 0 Å². The van der Waals surface area contributed by atoms with Crippen LogP contribution in [0.5, 0.6) is 34.5 Å². The summed E-state index contributed by atoms with van der Waals surface area (Å²) in [7, 11) is 0. The standard InChI is InChI=1S/C24H22O15/c25-9-3-11(26)10-5-15(23(37-14(10)4-9)8-1-12(27)19(32)13(28)2-8)38-24-22(35)21(34)20(33)16(39-24)7-36-18(31)6-17(29)30/h1-5,16,20-22,24,33-35H,6-7H2,(H5-,25,26,27,28,29,30,32)/p+1. The number of rotatable bonds is 7. The van der Waals surface area contributed by atoms with Crippen molar-refractivity contribution in [3.63, 3.8) is 0 Å². The number of phenolic OH excluding ortho intramolecular Hbond substituents is 5. The molecule has 2 aromatic carbocycles. The van der Waals surface area contributed by atoms with Crippen LogP contribution in [0.25, 0.3) is 22.3 Å². The minimum Gasteiger partial charge on any atom is -0.507 e. The van der Waals surface area contributed by atoms with E-state index in [-0.39, 0.29) is 33.8 Å². The van der Waals surface area contributed by atoms with E-state index in [1.807, 2.05) is 0 Å². The molecule has 1 fully saturated rings. The minimum atomic E-state index is -1.90. The third-order valence-electron chi connectivity index (χ3n) is 5.76. The number of ether oxygens (including phenoxy) is 3. The van der Waals surface area contributed by atoms with E-state index in [2.05, 4.69) is 0 Å². The predicted molar refractivity (Wildman–Crippen MR) is 125 cm³/mol. The van der Waals surface area contributed by atoms with Crippen LogP contribution in [-0.4, -0.2) is 95.2 Å². The van der Waals surface area contributed by atoms with Crippen molar-refractivity contribution in [1.29, 1.82) is 0 Å². The van der Waals surface area contributed by atoms with E-state index in [1.54, 1.807) is 0 Å². The highest BCUT2D eigenvalue weighted by Gasteiger charge is 2.46. The molecule has 0 spiro atoms. The number of carboxylic acid groups (broad SMARTS) is 1. The molecule has 0 bridgehead atoms. The van der Waals surface area contributed by atoms with Gasteiger partial charge in [-0.2, -0.15) is 0 Å². The Morgan fingerprint density at radius 3 is 2.18 bits per heavy atom. The fourth-order valence-electron chi connectivity index (χ4n) is 3.83. The zero-order valence-corrected chi connectivity index (χ0v) is 19.7. The van der Waals surface area contributed by atoms with Crippen molar-refractivity contribution in [2.45, 2.75) is 37.1 Å². The molecule has 15 heteroatoms. The molecule has 1 aromatic heterocycles. The maximum absolute atomic E-state index is 11.6. The lowest BCUT2D eigenvalue weighted by molar-refractivity contribution is -0.278. The van der Waals surface area contributed by atoms with Crippen LogP contribution in [0.15, 0.2) is 34.7 Å². The SMILES string of the molecule is O=C(O)CC(=O)OCC1OC(Oc2cc3c(O)cc(O)cc3[o+]c2-c2cc(O)c(O)c(O)c2)C(O)C(O)C1O. The monoisotopic (exact) mass is 551 g/mol. The Hall–Kier alpha value is -4.57. The molecule has 5 atom stereocenters. The van der Waals surface area contributed by atoms with Gasteiger partial charge in [-0.05, 0) is 0 Å². The zero-order valence-electron chi connectivity index (χ0n) is 19.7. The molecule has 0 aliphatic carbocycles. The highest BCUT2D eigenvalue weighted by atomic mass is 16.7. The molecule has 4 rings (SSSR count). The lowest BCUT2D eigenvalue weighted by Gasteiger charge is -2.39. The summed E-state index contributed by atoms with van der Waals surface area (Å²) in [5.74, 6) is -6.37. The van der Waals surface area contributed by atoms with Crippen LogP contribution in [0.4, 0.5) is 0 Å². The number of fused-ring (bicyclic) bond motifs is 1. The number of aliphatic hydroxyl groups is 3. The molecule has 5 unspecified atom stereocenters. The van der Waals surface area contributed by atoms with Gasteiger partial charge in [-0.1, -0.05) is 0 Å². The number of aliphatic carboxylic acids is 1. The number of hydrogen-bond donors (Lipinski definition) is 9. The Morgan fingerprint density at radius 1 is 0.872 bits per heavy atom. The first-order valence-electron chi connectivity index (χ1n) is 11.2. The van der Waals surface area contributed by atoms with E-state index < -0.39 is 78.7 Å². The van der Waals surface area contributed by atoms with E-state index in [0.29, 0.717) is 0 Å². The number of aromatic hydroxyl groups is 5. The quantitative estimate of drug-likeness (QED) is 0.0817. The Kier molecular flexibility index (Phi) is 7.51. The van der Waals surface area contributed by atoms with Crippen molar-refractivity contribution in [2.24, 2.45) is 0 Å². The van der Waals surface area contributed by atoms with Gasteiger partial charge < -0.3 is 60.2 Å². The molecule has 0 amide bonds. The molecule has 208 valence electrons. The number of aliphatic hydroxyl groups excluding tert-OH is 3. The van der Waals surface area contributed by atoms with E-state index in [9.17, 15) is 50.4 Å². The summed E-state index contributed by atoms with van der Waals surface area (Å²) in [6, 6.07) is 5.27. The van der Waals surface area contributed by atoms with Crippen LogP contribution in [0.3, 0.4) is 0 Å². The maximum Gasteiger partial charge on any atom is 0.402 e. The van der Waals surface area contributed by atoms with E-state index in [4.69, 9.17) is 23.7 Å². The summed E-state index contributed by atoms with van der Waals surface area (Å²) in [6.45, 7) is -0.717. The summed E-state index contributed by atoms with van der Waals surface area (Å²) in [4.78, 5) is 22.2. The lowest BCUT2D eigenvalue weighted by atomic mass is 9.99. The van der Waals surface area contributed by atoms with Gasteiger partial charge in [0.2, 0.25) is 12.0 Å². The molecule has 1 aliphatic heterocycles. The highest BCUT2D eigenvalue weighted by Crippen LogP contribution is 2.44. The van der Waals surface area contributed by atoms with Gasteiger partial charge in [-0.3, -0.25) is 9.59 Å². The lowest BCUT2D eigenvalue weighted by Crippen LogP contribution is -2.60. The summed E-state index contributed by atoms with van der Waals surface area (Å²) < 4.78 is 21.7. The van der Waals surface area contributed by atoms with Crippen molar-refractivity contribution < 1.29 is 74.2 Å². The predicted octanol–water partition coefficient (Wildman–Crippen LogP) is 0.113. The first kappa shape index (κ1) is 27.5. The summed E-state index contributed by atoms with van der Waals surface area (Å²) in [5, 5.41) is 89.6. The van der Waals surface area contributed by atoms with Gasteiger partial charge in [0.25, 0.3) is 0 Å². The molecule has 9 N–H and O–H groups in total. The number of phenols is 5. The number of benzene rings is 2. The molecule has 1 saturated heterocycles. The molecule has 0 saturated carbocycles. The molecule has 2 heterocycles. The van der Waals surface area contributed by atoms with Crippen LogP contribution >= 0.6 is 0 Å². The Bertz CT molecular complexity index is 1400. The van der Waals surface area contributed by atoms with Gasteiger partial charge in [-0.25, -0.2) is 4.42 Å². The minimum absolute atomic E-state index is 0.0104. The first-order chi connectivity index (χ1) is 18.3. The number of esters is 1. The first-order valence-corrected chi connectivity index (χ1v) is 11.2. The zero-order chi connectivity index (χ0) is 28.6. The number of carbonyl (C=O) groups excluding carboxylic acids is 1. The molecule has 1 aliphatic rings. The Balaban J connectivity index is 1.72. The Morgan fingerprint density at radius 2 is 1.54 bits per heavy atom. The molecular formula is C24H23O15+. The van der Waals surface area contributed by atoms with Crippen LogP contribution in [-0.2, 0) is 19.1 Å². The van der Waals surface area contributed by atoms with Gasteiger partial charge in [0.15, 0.2) is 17.2 Å². The molecular weight excluding hydrogens is 528 g/mol. The fourth-order valence-corrected chi connectivity index (χ4v) is 3.83. The van der Waals surface area contributed by atoms with Crippen molar-refractivity contribution in [1.82, 2.24) is 0 Å². The summed E-state index contributed by atoms with van der Waals surface area (Å²) >= 11 is 0. The van der Waals surface area contributed by atoms with Crippen molar-refractivity contribution >= 4 is 22.9 Å². The third kappa shape index (κ3) is 5.65. The highest BCUT2D eigenvalue weighted by molar-refractivity contribution is 5.90. The maximum atomic E-state index is 11.6. The number of hydrogen-bond acceptors (Lipinski definition) is 13. The van der Waals surface area contributed by atoms with Crippen LogP contribution in [0.2, 0.25) is 0 Å². The van der Waals surface area contributed by atoms with Crippen LogP contribution < -0.4 is 4.74 Å². The van der Waals surface area contributed by atoms with Crippen molar-refractivity contribution in [3.8, 4) is 45.8 Å². The Labute approximate surface area is 217 Å². The summed E-state index contributed by atoms with van der Waals surface area (Å²) in [6.07, 6.45) is -9.81. The van der Waals surface area contributed by atoms with Crippen molar-refractivity contribution in [2.75, 3.05) is 6.61 Å². The second-order valence-electron chi connectivity index (χ2n) is 8.57. The summed E-state index contributed by atoms with van der Waals surface area (Å²) in [5.41, 5.74) is -0.182. The largest absolute Gasteiger partial charge is 0.507 e. The third-order valence-corrected chi connectivity index (χ3v) is 5.76. The molecule has 15 nitrogen and oxygen atoms in total. The number of carboxylic acids is 1. The normalized spacial score (nSPS) is 22.9. The van der Waals surface area contributed by atoms with E-state index in [1.165, 1.54) is 6.07 Å². The average Bonchev–Trinajstić information content (AvgIpc) is 2.86. The van der Waals surface area contributed by atoms with Crippen LogP contribution in [0, 0.1) is 0 Å². The van der Waals surface area contributed by atoms with Crippen molar-refractivity contribution in [3.05, 3.63) is 30.3 Å². The molecule has 3 aromatic rings. The second kappa shape index (κ2) is 10.7. The average molecular weight is 551 g/mol. The smallest absolute Gasteiger partial charge is 0.402 e. The molecule has 39 heavy (non-hydrogen) atoms. The van der Waals surface area contributed by atoms with Gasteiger partial charge in [0.05, 0.1) is 11.6 Å². The van der Waals surface area contributed by atoms with Gasteiger partial charge in [0.1, 0.15) is 54.3 Å². The number of carbonyl (C=O) groups is 2. The fraction of sp³-hybridized carbons (Fsp3) is 0.292.